The molecule has 0 saturated carbocycles. The number of hydrogen-bond acceptors (Lipinski definition) is 5. The van der Waals surface area contributed by atoms with Crippen LogP contribution in [0.4, 0.5) is 5.69 Å². The fraction of sp³-hybridized carbons (Fsp3) is 0.464. The van der Waals surface area contributed by atoms with Crippen molar-refractivity contribution in [1.29, 1.82) is 0 Å². The van der Waals surface area contributed by atoms with Gasteiger partial charge in [0.15, 0.2) is 0 Å². The van der Waals surface area contributed by atoms with Crippen LogP contribution >= 0.6 is 11.6 Å². The molecular weight excluding hydrogens is 494 g/mol. The van der Waals surface area contributed by atoms with Crippen LogP contribution in [0.2, 0.25) is 5.02 Å². The number of hydrogen-bond donors (Lipinski definition) is 3. The maximum Gasteiger partial charge on any atom is 0.250 e. The van der Waals surface area contributed by atoms with Crippen molar-refractivity contribution in [1.82, 2.24) is 10.2 Å². The molecule has 3 amide bonds. The summed E-state index contributed by atoms with van der Waals surface area (Å²) in [5.41, 5.74) is -0.756. The smallest absolute Gasteiger partial charge is 0.250 e. The first-order valence-corrected chi connectivity index (χ1v) is 13.0. The number of carbonyl (C=O) groups excluding carboxylic acids is 3. The Kier molecular flexibility index (Phi) is 6.54. The van der Waals surface area contributed by atoms with Crippen LogP contribution in [0.15, 0.2) is 54.6 Å². The minimum Gasteiger partial charge on any atom is -0.394 e. The number of fused-ring (bicyclic) bond motifs is 1. The highest BCUT2D eigenvalue weighted by Gasteiger charge is 2.80. The summed E-state index contributed by atoms with van der Waals surface area (Å²) in [4.78, 5) is 42.9. The Morgan fingerprint density at radius 3 is 2.51 bits per heavy atom. The standard InChI is InChI=1S/C28H32ClN3O5/c1-16-13-28-22(21(27(16,3)37-28)24(34)30-14-18-9-5-4-6-10-18)26(36)32(17(2)15-33)23(28)25(35)31-20-12-8-7-11-19(20)29/h4-12,16-17,21-23,33H,13-15H2,1-3H3,(H,30,34)(H,31,35)/t16?,17-,21+,22+,23?,27-,28?/m1/s1. The normalized spacial score (nSPS) is 32.8. The second kappa shape index (κ2) is 9.42. The number of amides is 3. The van der Waals surface area contributed by atoms with Gasteiger partial charge in [0.2, 0.25) is 17.7 Å². The number of aliphatic hydroxyl groups excluding tert-OH is 1. The predicted octanol–water partition coefficient (Wildman–Crippen LogP) is 2.99. The van der Waals surface area contributed by atoms with Gasteiger partial charge in [0.25, 0.3) is 0 Å². The Bertz CT molecular complexity index is 1230. The van der Waals surface area contributed by atoms with E-state index in [0.29, 0.717) is 23.7 Å². The van der Waals surface area contributed by atoms with Gasteiger partial charge in [0.1, 0.15) is 11.6 Å². The van der Waals surface area contributed by atoms with Crippen molar-refractivity contribution < 1.29 is 24.2 Å². The first-order chi connectivity index (χ1) is 17.6. The summed E-state index contributed by atoms with van der Waals surface area (Å²) in [6.45, 7) is 5.54. The zero-order valence-electron chi connectivity index (χ0n) is 21.1. The molecule has 3 unspecified atom stereocenters. The molecule has 2 bridgehead atoms. The largest absolute Gasteiger partial charge is 0.394 e. The van der Waals surface area contributed by atoms with Gasteiger partial charge in [-0.3, -0.25) is 14.4 Å². The van der Waals surface area contributed by atoms with Gasteiger partial charge < -0.3 is 25.4 Å². The van der Waals surface area contributed by atoms with Crippen LogP contribution in [0.25, 0.3) is 0 Å². The summed E-state index contributed by atoms with van der Waals surface area (Å²) in [6.07, 6.45) is 0.442. The second-order valence-corrected chi connectivity index (χ2v) is 11.1. The zero-order chi connectivity index (χ0) is 26.5. The van der Waals surface area contributed by atoms with E-state index < -0.39 is 41.0 Å². The quantitative estimate of drug-likeness (QED) is 0.515. The van der Waals surface area contributed by atoms with Crippen molar-refractivity contribution in [3.05, 3.63) is 65.2 Å². The number of nitrogens with one attached hydrogen (secondary N) is 2. The van der Waals surface area contributed by atoms with E-state index in [1.807, 2.05) is 44.2 Å². The van der Waals surface area contributed by atoms with Crippen molar-refractivity contribution >= 4 is 35.0 Å². The van der Waals surface area contributed by atoms with Gasteiger partial charge in [-0.05, 0) is 43.9 Å². The van der Waals surface area contributed by atoms with E-state index >= 15 is 0 Å². The Hall–Kier alpha value is -2.94. The minimum absolute atomic E-state index is 0.0796. The van der Waals surface area contributed by atoms with Crippen LogP contribution in [0, 0.1) is 17.8 Å². The number of para-hydroxylation sites is 1. The van der Waals surface area contributed by atoms with E-state index in [2.05, 4.69) is 10.6 Å². The lowest BCUT2D eigenvalue weighted by atomic mass is 9.62. The molecule has 3 N–H and O–H groups in total. The molecule has 0 aliphatic carbocycles. The summed E-state index contributed by atoms with van der Waals surface area (Å²) in [5.74, 6) is -2.78. The molecule has 0 radical (unpaired) electrons. The molecule has 9 heteroatoms. The average Bonchev–Trinajstić information content (AvgIpc) is 3.40. The number of ether oxygens (including phenoxy) is 1. The van der Waals surface area contributed by atoms with Crippen LogP contribution in [0.3, 0.4) is 0 Å². The van der Waals surface area contributed by atoms with Gasteiger partial charge >= 0.3 is 0 Å². The molecule has 5 rings (SSSR count). The average molecular weight is 526 g/mol. The number of anilines is 1. The maximum atomic E-state index is 14.0. The fourth-order valence-electron chi connectivity index (χ4n) is 6.60. The number of carbonyl (C=O) groups is 3. The number of benzene rings is 2. The Morgan fingerprint density at radius 2 is 1.84 bits per heavy atom. The van der Waals surface area contributed by atoms with Crippen LogP contribution in [0.5, 0.6) is 0 Å². The van der Waals surface area contributed by atoms with Gasteiger partial charge in [-0.25, -0.2) is 0 Å². The lowest BCUT2D eigenvalue weighted by molar-refractivity contribution is -0.148. The van der Waals surface area contributed by atoms with Gasteiger partial charge in [-0.15, -0.1) is 0 Å². The van der Waals surface area contributed by atoms with Crippen molar-refractivity contribution in [3.8, 4) is 0 Å². The number of nitrogens with zero attached hydrogens (tertiary/aromatic N) is 1. The molecule has 196 valence electrons. The molecule has 0 aromatic heterocycles. The van der Waals surface area contributed by atoms with Crippen molar-refractivity contribution in [2.24, 2.45) is 17.8 Å². The monoisotopic (exact) mass is 525 g/mol. The molecule has 3 fully saturated rings. The summed E-state index contributed by atoms with van der Waals surface area (Å²) >= 11 is 6.29. The summed E-state index contributed by atoms with van der Waals surface area (Å²) in [6, 6.07) is 14.7. The SMILES string of the molecule is CC1CC23O[C@@]1(C)[C@H](C(=O)NCc1ccccc1)[C@H]2C(=O)N([C@H](C)CO)C3C(=O)Nc1ccccc1Cl. The molecular formula is C28H32ClN3O5. The van der Waals surface area contributed by atoms with E-state index in [1.54, 1.807) is 31.2 Å². The summed E-state index contributed by atoms with van der Waals surface area (Å²) in [7, 11) is 0. The highest BCUT2D eigenvalue weighted by atomic mass is 35.5. The van der Waals surface area contributed by atoms with Crippen LogP contribution in [-0.2, 0) is 25.7 Å². The number of aliphatic hydroxyl groups is 1. The van der Waals surface area contributed by atoms with Crippen molar-refractivity contribution in [2.75, 3.05) is 11.9 Å². The molecule has 3 heterocycles. The third kappa shape index (κ3) is 3.93. The van der Waals surface area contributed by atoms with Crippen LogP contribution in [-0.4, -0.2) is 57.6 Å². The maximum absolute atomic E-state index is 14.0. The Morgan fingerprint density at radius 1 is 1.16 bits per heavy atom. The molecule has 8 nitrogen and oxygen atoms in total. The molecule has 3 aliphatic heterocycles. The minimum atomic E-state index is -1.20. The van der Waals surface area contributed by atoms with E-state index in [-0.39, 0.29) is 24.3 Å². The van der Waals surface area contributed by atoms with E-state index in [0.717, 1.165) is 5.56 Å². The molecule has 37 heavy (non-hydrogen) atoms. The van der Waals surface area contributed by atoms with Crippen LogP contribution < -0.4 is 10.6 Å². The zero-order valence-corrected chi connectivity index (χ0v) is 21.9. The summed E-state index contributed by atoms with van der Waals surface area (Å²) in [5, 5.41) is 16.2. The van der Waals surface area contributed by atoms with Crippen LogP contribution in [0.1, 0.15) is 32.8 Å². The third-order valence-corrected chi connectivity index (χ3v) is 8.79. The highest BCUT2D eigenvalue weighted by molar-refractivity contribution is 6.33. The number of halogens is 1. The van der Waals surface area contributed by atoms with Gasteiger partial charge in [0.05, 0.1) is 40.8 Å². The van der Waals surface area contributed by atoms with E-state index in [1.165, 1.54) is 4.90 Å². The molecule has 2 aromatic rings. The lowest BCUT2D eigenvalue weighted by Gasteiger charge is -2.36. The van der Waals surface area contributed by atoms with Crippen molar-refractivity contribution in [2.45, 2.75) is 57.0 Å². The number of likely N-dealkylation sites (tertiary alicyclic amines) is 1. The summed E-state index contributed by atoms with van der Waals surface area (Å²) < 4.78 is 6.67. The Balaban J connectivity index is 1.51. The first kappa shape index (κ1) is 25.7. The molecule has 2 aromatic carbocycles. The van der Waals surface area contributed by atoms with E-state index in [9.17, 15) is 19.5 Å². The second-order valence-electron chi connectivity index (χ2n) is 10.7. The molecule has 3 aliphatic rings. The lowest BCUT2D eigenvalue weighted by Crippen LogP contribution is -2.56. The molecule has 7 atom stereocenters. The highest BCUT2D eigenvalue weighted by Crippen LogP contribution is 2.65. The topological polar surface area (TPSA) is 108 Å². The Labute approximate surface area is 221 Å². The first-order valence-electron chi connectivity index (χ1n) is 12.6. The van der Waals surface area contributed by atoms with Gasteiger partial charge in [-0.2, -0.15) is 0 Å². The predicted molar refractivity (Wildman–Crippen MR) is 139 cm³/mol. The fourth-order valence-corrected chi connectivity index (χ4v) is 6.78. The molecule has 3 saturated heterocycles. The van der Waals surface area contributed by atoms with Gasteiger partial charge in [0, 0.05) is 6.54 Å². The number of rotatable bonds is 7. The third-order valence-electron chi connectivity index (χ3n) is 8.46. The van der Waals surface area contributed by atoms with E-state index in [4.69, 9.17) is 16.3 Å². The van der Waals surface area contributed by atoms with Crippen molar-refractivity contribution in [3.63, 3.8) is 0 Å². The van der Waals surface area contributed by atoms with Gasteiger partial charge in [-0.1, -0.05) is 61.0 Å². The molecule has 1 spiro atoms.